The highest BCUT2D eigenvalue weighted by molar-refractivity contribution is 7.98. The van der Waals surface area contributed by atoms with Crippen molar-refractivity contribution < 1.29 is 9.50 Å². The number of pyridine rings is 1. The normalized spacial score (nSPS) is 27.2. The van der Waals surface area contributed by atoms with E-state index in [-0.39, 0.29) is 16.8 Å². The second-order valence-corrected chi connectivity index (χ2v) is 12.2. The van der Waals surface area contributed by atoms with Gasteiger partial charge in [-0.15, -0.1) is 22.0 Å². The topological polar surface area (TPSA) is 87.1 Å². The Bertz CT molecular complexity index is 1300. The molecule has 6 rings (SSSR count). The first kappa shape index (κ1) is 24.6. The number of thioether (sulfide) groups is 1. The maximum absolute atomic E-state index is 14.4. The fourth-order valence-corrected chi connectivity index (χ4v) is 6.91. The van der Waals surface area contributed by atoms with Crippen molar-refractivity contribution in [1.29, 1.82) is 0 Å². The number of piperidine rings is 2. The maximum atomic E-state index is 14.4. The van der Waals surface area contributed by atoms with E-state index in [0.717, 1.165) is 18.7 Å². The molecule has 1 aliphatic carbocycles. The van der Waals surface area contributed by atoms with Crippen molar-refractivity contribution in [3.63, 3.8) is 0 Å². The summed E-state index contributed by atoms with van der Waals surface area (Å²) in [5.41, 5.74) is 1.74. The molecule has 0 amide bonds. The zero-order valence-corrected chi connectivity index (χ0v) is 22.4. The Labute approximate surface area is 221 Å². The van der Waals surface area contributed by atoms with Gasteiger partial charge in [0.25, 0.3) is 0 Å². The number of aromatic hydroxyl groups is 1. The first-order valence-corrected chi connectivity index (χ1v) is 14.3. The number of phenolic OH excluding ortho intramolecular Hbond substituents is 1. The van der Waals surface area contributed by atoms with Crippen LogP contribution in [0.25, 0.3) is 22.5 Å². The van der Waals surface area contributed by atoms with Crippen molar-refractivity contribution in [2.75, 3.05) is 11.2 Å². The van der Waals surface area contributed by atoms with Crippen LogP contribution in [0.1, 0.15) is 58.8 Å². The summed E-state index contributed by atoms with van der Waals surface area (Å²) in [4.78, 5) is 11.1. The number of rotatable bonds is 6. The lowest BCUT2D eigenvalue weighted by Crippen LogP contribution is -2.67. The number of hydrogen-bond acceptors (Lipinski definition) is 8. The molecule has 37 heavy (non-hydrogen) atoms. The molecule has 2 aliphatic heterocycles. The van der Waals surface area contributed by atoms with E-state index in [2.05, 4.69) is 44.2 Å². The zero-order valence-electron chi connectivity index (χ0n) is 21.5. The van der Waals surface area contributed by atoms with Crippen molar-refractivity contribution in [3.05, 3.63) is 42.5 Å². The monoisotopic (exact) mass is 520 g/mol. The molecule has 2 saturated heterocycles. The molecule has 1 saturated carbocycles. The molecule has 3 fully saturated rings. The third-order valence-corrected chi connectivity index (χ3v) is 8.81. The number of nitrogens with one attached hydrogen (secondary N) is 1. The summed E-state index contributed by atoms with van der Waals surface area (Å²) in [7, 11) is 0. The Morgan fingerprint density at radius 3 is 2.38 bits per heavy atom. The number of fused-ring (bicyclic) bond motifs is 2. The van der Waals surface area contributed by atoms with E-state index < -0.39 is 5.82 Å². The lowest BCUT2D eigenvalue weighted by Gasteiger charge is -2.55. The number of halogens is 1. The van der Waals surface area contributed by atoms with Gasteiger partial charge in [-0.2, -0.15) is 0 Å². The second kappa shape index (κ2) is 9.20. The van der Waals surface area contributed by atoms with Crippen molar-refractivity contribution >= 4 is 17.6 Å². The van der Waals surface area contributed by atoms with Crippen LogP contribution in [-0.4, -0.2) is 54.7 Å². The standard InChI is InChI=1S/C28H33FN6OS/c1-27-9-4-10-28(2,34-27)14-19(13-27)35(18-6-7-18)24-16-31-26(33-32-24)20-8-5-17(11-23(20)36)21-12-25(37-3)30-15-22(21)29/h5,8,11-12,15-16,18-19,34,36H,4,6-7,9-10,13-14H2,1-3H3/t19-,27-,28+. The van der Waals surface area contributed by atoms with E-state index in [0.29, 0.717) is 39.6 Å². The molecule has 2 N–H and O–H groups in total. The minimum absolute atomic E-state index is 0.0138. The highest BCUT2D eigenvalue weighted by Crippen LogP contribution is 2.45. The van der Waals surface area contributed by atoms with Gasteiger partial charge in [0.15, 0.2) is 11.6 Å². The molecule has 4 heterocycles. The summed E-state index contributed by atoms with van der Waals surface area (Å²) in [6, 6.07) is 7.60. The van der Waals surface area contributed by atoms with Crippen LogP contribution in [-0.2, 0) is 0 Å². The van der Waals surface area contributed by atoms with E-state index in [9.17, 15) is 9.50 Å². The fourth-order valence-electron chi connectivity index (χ4n) is 6.51. The lowest BCUT2D eigenvalue weighted by molar-refractivity contribution is 0.0766. The average molecular weight is 521 g/mol. The zero-order chi connectivity index (χ0) is 25.8. The number of anilines is 1. The van der Waals surface area contributed by atoms with Gasteiger partial charge in [-0.3, -0.25) is 0 Å². The smallest absolute Gasteiger partial charge is 0.185 e. The predicted molar refractivity (Wildman–Crippen MR) is 144 cm³/mol. The lowest BCUT2D eigenvalue weighted by atomic mass is 9.69. The quantitative estimate of drug-likeness (QED) is 0.407. The summed E-state index contributed by atoms with van der Waals surface area (Å²) in [6.45, 7) is 4.72. The average Bonchev–Trinajstić information content (AvgIpc) is 3.69. The molecule has 1 aromatic carbocycles. The van der Waals surface area contributed by atoms with Gasteiger partial charge in [-0.05, 0) is 88.8 Å². The van der Waals surface area contributed by atoms with Crippen LogP contribution in [0.3, 0.4) is 0 Å². The van der Waals surface area contributed by atoms with Crippen LogP contribution >= 0.6 is 11.8 Å². The van der Waals surface area contributed by atoms with Crippen LogP contribution in [0.15, 0.2) is 41.7 Å². The number of hydrogen-bond donors (Lipinski definition) is 2. The van der Waals surface area contributed by atoms with E-state index in [4.69, 9.17) is 0 Å². The molecule has 0 unspecified atom stereocenters. The van der Waals surface area contributed by atoms with Crippen LogP contribution in [0.4, 0.5) is 10.2 Å². The molecule has 0 radical (unpaired) electrons. The predicted octanol–water partition coefficient (Wildman–Crippen LogP) is 5.59. The Kier molecular flexibility index (Phi) is 6.11. The van der Waals surface area contributed by atoms with Gasteiger partial charge >= 0.3 is 0 Å². The Hall–Kier alpha value is -2.78. The number of phenols is 1. The highest BCUT2D eigenvalue weighted by Gasteiger charge is 2.49. The highest BCUT2D eigenvalue weighted by atomic mass is 32.2. The van der Waals surface area contributed by atoms with Gasteiger partial charge in [0.05, 0.1) is 23.0 Å². The summed E-state index contributed by atoms with van der Waals surface area (Å²) in [5.74, 6) is 0.713. The summed E-state index contributed by atoms with van der Waals surface area (Å²) >= 11 is 1.44. The number of aromatic nitrogens is 4. The molecule has 2 bridgehead atoms. The Morgan fingerprint density at radius 2 is 1.76 bits per heavy atom. The van der Waals surface area contributed by atoms with Gasteiger partial charge in [-0.1, -0.05) is 6.07 Å². The van der Waals surface area contributed by atoms with E-state index >= 15 is 0 Å². The molecule has 2 aromatic heterocycles. The second-order valence-electron chi connectivity index (χ2n) is 11.4. The summed E-state index contributed by atoms with van der Waals surface area (Å²) < 4.78 is 14.4. The molecule has 3 aliphatic rings. The third kappa shape index (κ3) is 4.79. The third-order valence-electron chi connectivity index (χ3n) is 8.17. The fraction of sp³-hybridized carbons (Fsp3) is 0.500. The largest absolute Gasteiger partial charge is 0.507 e. The van der Waals surface area contributed by atoms with E-state index in [1.54, 1.807) is 30.5 Å². The van der Waals surface area contributed by atoms with E-state index in [1.807, 2.05) is 6.26 Å². The van der Waals surface area contributed by atoms with Crippen molar-refractivity contribution in [2.45, 2.75) is 87.0 Å². The molecular weight excluding hydrogens is 487 g/mol. The summed E-state index contributed by atoms with van der Waals surface area (Å²) in [6.07, 6.45) is 13.1. The van der Waals surface area contributed by atoms with Crippen molar-refractivity contribution in [3.8, 4) is 28.3 Å². The summed E-state index contributed by atoms with van der Waals surface area (Å²) in [5, 5.41) is 24.5. The first-order valence-electron chi connectivity index (χ1n) is 13.1. The van der Waals surface area contributed by atoms with Crippen molar-refractivity contribution in [1.82, 2.24) is 25.5 Å². The number of benzene rings is 1. The number of nitrogens with zero attached hydrogens (tertiary/aromatic N) is 5. The first-order chi connectivity index (χ1) is 17.8. The van der Waals surface area contributed by atoms with Crippen LogP contribution in [0, 0.1) is 5.82 Å². The Morgan fingerprint density at radius 1 is 1.00 bits per heavy atom. The molecular formula is C28H33FN6OS. The Balaban J connectivity index is 1.26. The van der Waals surface area contributed by atoms with Crippen LogP contribution in [0.2, 0.25) is 0 Å². The van der Waals surface area contributed by atoms with Crippen LogP contribution in [0.5, 0.6) is 5.75 Å². The maximum Gasteiger partial charge on any atom is 0.185 e. The molecule has 7 nitrogen and oxygen atoms in total. The molecule has 3 aromatic rings. The van der Waals surface area contributed by atoms with Gasteiger partial charge in [0.1, 0.15) is 11.6 Å². The van der Waals surface area contributed by atoms with E-state index in [1.165, 1.54) is 50.1 Å². The minimum Gasteiger partial charge on any atom is -0.507 e. The van der Waals surface area contributed by atoms with Gasteiger partial charge in [0, 0.05) is 28.7 Å². The van der Waals surface area contributed by atoms with Gasteiger partial charge in [0.2, 0.25) is 0 Å². The van der Waals surface area contributed by atoms with Gasteiger partial charge < -0.3 is 15.3 Å². The molecule has 3 atom stereocenters. The SMILES string of the molecule is CSc1cc(-c2ccc(-c3ncc(N(C4CC4)[C@H]4C[C@]5(C)CCC[C@](C)(C4)N5)nn3)c(O)c2)c(F)cn1. The minimum atomic E-state index is -0.433. The molecule has 0 spiro atoms. The van der Waals surface area contributed by atoms with Crippen LogP contribution < -0.4 is 10.2 Å². The molecule has 9 heteroatoms. The van der Waals surface area contributed by atoms with Crippen molar-refractivity contribution in [2.24, 2.45) is 0 Å². The van der Waals surface area contributed by atoms with Gasteiger partial charge in [-0.25, -0.2) is 14.4 Å². The molecule has 194 valence electrons.